The highest BCUT2D eigenvalue weighted by molar-refractivity contribution is 5.85. The molecule has 0 saturated carbocycles. The molecule has 3 aliphatic heterocycles. The minimum Gasteiger partial charge on any atom is -0.477 e. The summed E-state index contributed by atoms with van der Waals surface area (Å²) in [4.78, 5) is 24.2. The van der Waals surface area contributed by atoms with Crippen LogP contribution >= 0.6 is 12.4 Å². The Morgan fingerprint density at radius 1 is 0.902 bits per heavy atom. The van der Waals surface area contributed by atoms with Crippen molar-refractivity contribution in [2.45, 2.75) is 137 Å². The van der Waals surface area contributed by atoms with Crippen LogP contribution in [0.25, 0.3) is 0 Å². The lowest BCUT2D eigenvalue weighted by Crippen LogP contribution is -2.68. The van der Waals surface area contributed by atoms with Gasteiger partial charge >= 0.3 is 5.97 Å². The number of nitrogens with one attached hydrogen (secondary N) is 1. The fourth-order valence-electron chi connectivity index (χ4n) is 5.97. The number of unbranched alkanes of at least 4 members (excludes halogenated alkanes) is 3. The van der Waals surface area contributed by atoms with Crippen molar-refractivity contribution < 1.29 is 94.2 Å². The van der Waals surface area contributed by atoms with Crippen LogP contribution in [0.2, 0.25) is 0 Å². The summed E-state index contributed by atoms with van der Waals surface area (Å²) in [6.07, 6.45) is -22.7. The average molecular weight is 769 g/mol. The van der Waals surface area contributed by atoms with E-state index in [1.165, 1.54) is 0 Å². The number of aliphatic hydroxyl groups excluding tert-OH is 10. The Morgan fingerprint density at radius 2 is 1.53 bits per heavy atom. The zero-order valence-electron chi connectivity index (χ0n) is 27.9. The quantitative estimate of drug-likeness (QED) is 0.0577. The molecule has 3 aliphatic rings. The minimum absolute atomic E-state index is 0. The van der Waals surface area contributed by atoms with Gasteiger partial charge in [0, 0.05) is 20.0 Å². The highest BCUT2D eigenvalue weighted by Crippen LogP contribution is 2.35. The maximum Gasteiger partial charge on any atom is 0.364 e. The van der Waals surface area contributed by atoms with E-state index >= 15 is 0 Å². The molecule has 3 rings (SSSR count). The molecule has 0 aromatic rings. The van der Waals surface area contributed by atoms with E-state index < -0.39 is 136 Å². The van der Waals surface area contributed by atoms with E-state index in [2.05, 4.69) is 5.32 Å². The fraction of sp³-hybridized carbons (Fsp3) is 0.931. The Kier molecular flexibility index (Phi) is 18.7. The molecule has 16 atom stereocenters. The summed E-state index contributed by atoms with van der Waals surface area (Å²) in [6.45, 7) is -0.942. The number of ether oxygens (including phenoxy) is 6. The van der Waals surface area contributed by atoms with Crippen LogP contribution in [0.4, 0.5) is 0 Å². The van der Waals surface area contributed by atoms with Gasteiger partial charge in [0.15, 0.2) is 12.6 Å². The second-order valence-corrected chi connectivity index (χ2v) is 12.6. The standard InChI is InChI=1S/C29H52N2O19.ClH/c1-12(34)31-17-13(35)8-29(28(43)44,50-25(17)18(37)14(36)9-32)46-11-16-19(38)20(39)22(41)27(48-16)49-24-15(10-33)47-26(23(42)21(24)40)45-7-5-3-2-4-6-30;/h13-27,32-33,35-42H,2-11,30H2,1H3,(H,31,34)(H,43,44);1H/t13?,14-,15?,16?,17-,18-,19+,20+,21-,22?,23?,24-,25?,26?,27+,29-;/m1./s1. The van der Waals surface area contributed by atoms with E-state index in [4.69, 9.17) is 34.2 Å². The zero-order valence-corrected chi connectivity index (χ0v) is 28.7. The number of hydrogen-bond donors (Lipinski definition) is 13. The molecule has 0 bridgehead atoms. The van der Waals surface area contributed by atoms with Gasteiger partial charge in [0.05, 0.1) is 32.0 Å². The second kappa shape index (κ2) is 20.9. The van der Waals surface area contributed by atoms with Gasteiger partial charge in [0.1, 0.15) is 67.1 Å². The lowest BCUT2D eigenvalue weighted by atomic mass is 9.88. The molecule has 0 spiro atoms. The second-order valence-electron chi connectivity index (χ2n) is 12.6. The smallest absolute Gasteiger partial charge is 0.364 e. The van der Waals surface area contributed by atoms with Crippen molar-refractivity contribution in [2.24, 2.45) is 5.73 Å². The molecule has 3 heterocycles. The number of aliphatic hydroxyl groups is 10. The molecular formula is C29H53ClN2O19. The molecular weight excluding hydrogens is 716 g/mol. The number of aliphatic carboxylic acids is 1. The highest BCUT2D eigenvalue weighted by Gasteiger charge is 2.57. The number of hydrogen-bond acceptors (Lipinski definition) is 19. The number of carboxylic acids is 1. The predicted molar refractivity (Wildman–Crippen MR) is 169 cm³/mol. The molecule has 0 aromatic carbocycles. The molecule has 3 fully saturated rings. The maximum atomic E-state index is 12.5. The molecule has 22 heteroatoms. The van der Waals surface area contributed by atoms with Crippen molar-refractivity contribution in [1.82, 2.24) is 5.32 Å². The largest absolute Gasteiger partial charge is 0.477 e. The van der Waals surface area contributed by atoms with Gasteiger partial charge in [-0.05, 0) is 19.4 Å². The van der Waals surface area contributed by atoms with Crippen LogP contribution in [0.5, 0.6) is 0 Å². The van der Waals surface area contributed by atoms with Crippen LogP contribution in [-0.4, -0.2) is 199 Å². The van der Waals surface area contributed by atoms with Crippen molar-refractivity contribution in [2.75, 3.05) is 33.0 Å². The first-order valence-electron chi connectivity index (χ1n) is 16.4. The van der Waals surface area contributed by atoms with Gasteiger partial charge in [0.25, 0.3) is 5.79 Å². The maximum absolute atomic E-state index is 12.5. The number of rotatable bonds is 18. The van der Waals surface area contributed by atoms with Gasteiger partial charge in [-0.15, -0.1) is 12.4 Å². The van der Waals surface area contributed by atoms with Gasteiger partial charge in [-0.1, -0.05) is 12.8 Å². The first kappa shape index (κ1) is 45.7. The van der Waals surface area contributed by atoms with E-state index in [0.29, 0.717) is 13.0 Å². The summed E-state index contributed by atoms with van der Waals surface area (Å²) >= 11 is 0. The molecule has 21 nitrogen and oxygen atoms in total. The predicted octanol–water partition coefficient (Wildman–Crippen LogP) is -6.26. The van der Waals surface area contributed by atoms with Gasteiger partial charge in [-0.3, -0.25) is 4.79 Å². The van der Waals surface area contributed by atoms with Crippen LogP contribution in [0.3, 0.4) is 0 Å². The zero-order chi connectivity index (χ0) is 37.3. The van der Waals surface area contributed by atoms with Crippen LogP contribution in [0.1, 0.15) is 39.0 Å². The summed E-state index contributed by atoms with van der Waals surface area (Å²) in [5.74, 6) is -5.40. The van der Waals surface area contributed by atoms with Crippen LogP contribution in [0.15, 0.2) is 0 Å². The van der Waals surface area contributed by atoms with Crippen LogP contribution < -0.4 is 11.1 Å². The third-order valence-electron chi connectivity index (χ3n) is 8.83. The molecule has 14 N–H and O–H groups in total. The number of nitrogens with two attached hydrogens (primary N) is 1. The van der Waals surface area contributed by atoms with E-state index in [1.54, 1.807) is 0 Å². The van der Waals surface area contributed by atoms with E-state index in [-0.39, 0.29) is 19.0 Å². The summed E-state index contributed by atoms with van der Waals surface area (Å²) in [6, 6.07) is -1.48. The van der Waals surface area contributed by atoms with Gasteiger partial charge in [0.2, 0.25) is 5.91 Å². The van der Waals surface area contributed by atoms with Crippen molar-refractivity contribution in [3.8, 4) is 0 Å². The lowest BCUT2D eigenvalue weighted by molar-refractivity contribution is -0.367. The van der Waals surface area contributed by atoms with E-state index in [9.17, 15) is 65.8 Å². The molecule has 51 heavy (non-hydrogen) atoms. The third-order valence-corrected chi connectivity index (χ3v) is 8.83. The van der Waals surface area contributed by atoms with Crippen molar-refractivity contribution in [3.63, 3.8) is 0 Å². The average Bonchev–Trinajstić information content (AvgIpc) is 3.08. The Labute approximate surface area is 299 Å². The van der Waals surface area contributed by atoms with Crippen molar-refractivity contribution in [3.05, 3.63) is 0 Å². The Bertz CT molecular complexity index is 1070. The van der Waals surface area contributed by atoms with Gasteiger partial charge in [-0.25, -0.2) is 4.79 Å². The number of carbonyl (C=O) groups excluding carboxylic acids is 1. The van der Waals surface area contributed by atoms with Gasteiger partial charge < -0.3 is 95.6 Å². The normalized spacial score (nSPS) is 39.8. The molecule has 0 aromatic heterocycles. The summed E-state index contributed by atoms with van der Waals surface area (Å²) < 4.78 is 33.4. The third kappa shape index (κ3) is 11.3. The number of carboxylic acid groups (broad SMARTS) is 1. The van der Waals surface area contributed by atoms with E-state index in [0.717, 1.165) is 26.2 Å². The fourth-order valence-corrected chi connectivity index (χ4v) is 5.97. The monoisotopic (exact) mass is 768 g/mol. The molecule has 300 valence electrons. The number of amides is 1. The molecule has 1 amide bonds. The topological polar surface area (TPSA) is 350 Å². The highest BCUT2D eigenvalue weighted by atomic mass is 35.5. The van der Waals surface area contributed by atoms with Gasteiger partial charge in [-0.2, -0.15) is 0 Å². The number of carbonyl (C=O) groups is 2. The SMILES string of the molecule is CC(=O)N[C@@H]1C(O)C[C@](OCC2O[C@@H](O[C@@H]3C(CO)OC(OCCCCCCN)C(O)[C@H]3O)C(O)[C@@H](O)[C@H]2O)(C(=O)O)OC1[C@H](O)[C@H](O)CO.Cl. The summed E-state index contributed by atoms with van der Waals surface area (Å²) in [5.41, 5.74) is 5.47. The molecule has 0 radical (unpaired) electrons. The molecule has 0 aliphatic carbocycles. The first-order valence-corrected chi connectivity index (χ1v) is 16.4. The van der Waals surface area contributed by atoms with Crippen LogP contribution in [0, 0.1) is 0 Å². The molecule has 3 saturated heterocycles. The van der Waals surface area contributed by atoms with Crippen molar-refractivity contribution >= 4 is 24.3 Å². The summed E-state index contributed by atoms with van der Waals surface area (Å²) in [5, 5.41) is 117. The number of halogens is 1. The Balaban J connectivity index is 0.00000901. The summed E-state index contributed by atoms with van der Waals surface area (Å²) in [7, 11) is 0. The van der Waals surface area contributed by atoms with Crippen LogP contribution in [-0.2, 0) is 38.0 Å². The molecule has 7 unspecified atom stereocenters. The Hall–Kier alpha value is -1.45. The Morgan fingerprint density at radius 3 is 2.12 bits per heavy atom. The minimum atomic E-state index is -2.82. The van der Waals surface area contributed by atoms with Crippen molar-refractivity contribution in [1.29, 1.82) is 0 Å². The lowest BCUT2D eigenvalue weighted by Gasteiger charge is -2.48. The van der Waals surface area contributed by atoms with E-state index in [1.807, 2.05) is 0 Å². The first-order chi connectivity index (χ1) is 23.6.